The highest BCUT2D eigenvalue weighted by atomic mass is 19.4. The Hall–Kier alpha value is -2.63. The molecular weight excluding hydrogens is 382 g/mol. The van der Waals surface area contributed by atoms with Gasteiger partial charge in [0.2, 0.25) is 5.91 Å². The van der Waals surface area contributed by atoms with Gasteiger partial charge in [-0.2, -0.15) is 13.2 Å². The number of hydrogen-bond acceptors (Lipinski definition) is 1. The van der Waals surface area contributed by atoms with Gasteiger partial charge in [0.1, 0.15) is 5.82 Å². The molecule has 0 heterocycles. The molecule has 1 amide bonds. The summed E-state index contributed by atoms with van der Waals surface area (Å²) in [5.74, 6) is -4.43. The molecule has 0 unspecified atom stereocenters. The average molecular weight is 405 g/mol. The highest BCUT2D eigenvalue weighted by Gasteiger charge is 2.45. The molecule has 0 bridgehead atoms. The molecule has 2 nitrogen and oxygen atoms in total. The zero-order valence-corrected chi connectivity index (χ0v) is 16.1. The van der Waals surface area contributed by atoms with Crippen molar-refractivity contribution in [3.05, 3.63) is 71.6 Å². The minimum absolute atomic E-state index is 0.0877. The van der Waals surface area contributed by atoms with Gasteiger partial charge in [-0.15, -0.1) is 0 Å². The van der Waals surface area contributed by atoms with Crippen molar-refractivity contribution in [2.24, 2.45) is 11.8 Å². The Morgan fingerprint density at radius 3 is 2.41 bits per heavy atom. The number of carbonyl (C=O) groups is 1. The van der Waals surface area contributed by atoms with Crippen LogP contribution < -0.4 is 5.32 Å². The molecule has 0 saturated heterocycles. The number of anilines is 1. The summed E-state index contributed by atoms with van der Waals surface area (Å²) in [5.41, 5.74) is 1.72. The third-order valence-corrected chi connectivity index (χ3v) is 5.34. The van der Waals surface area contributed by atoms with E-state index in [0.29, 0.717) is 5.92 Å². The Morgan fingerprint density at radius 2 is 1.86 bits per heavy atom. The molecule has 1 fully saturated rings. The number of benzene rings is 2. The minimum atomic E-state index is -4.58. The maximum Gasteiger partial charge on any atom is 0.392 e. The lowest BCUT2D eigenvalue weighted by atomic mass is 9.85. The molecule has 2 atom stereocenters. The first-order valence-corrected chi connectivity index (χ1v) is 9.57. The molecule has 0 radical (unpaired) electrons. The predicted octanol–water partition coefficient (Wildman–Crippen LogP) is 6.34. The van der Waals surface area contributed by atoms with Crippen LogP contribution in [0, 0.1) is 17.7 Å². The quantitative estimate of drug-likeness (QED) is 0.535. The van der Waals surface area contributed by atoms with Gasteiger partial charge in [-0.1, -0.05) is 49.9 Å². The second kappa shape index (κ2) is 8.39. The minimum Gasteiger partial charge on any atom is -0.323 e. The molecule has 1 aliphatic rings. The van der Waals surface area contributed by atoms with Gasteiger partial charge >= 0.3 is 6.18 Å². The number of nitrogens with one attached hydrogen (secondary N) is 1. The highest BCUT2D eigenvalue weighted by Crippen LogP contribution is 2.39. The van der Waals surface area contributed by atoms with Crippen LogP contribution in [0.15, 0.2) is 49.0 Å². The zero-order valence-electron chi connectivity index (χ0n) is 16.1. The van der Waals surface area contributed by atoms with Gasteiger partial charge in [0.05, 0.1) is 17.5 Å². The van der Waals surface area contributed by atoms with E-state index in [-0.39, 0.29) is 11.3 Å². The second-order valence-electron chi connectivity index (χ2n) is 7.63. The monoisotopic (exact) mass is 405 g/mol. The van der Waals surface area contributed by atoms with Crippen molar-refractivity contribution in [3.8, 4) is 0 Å². The van der Waals surface area contributed by atoms with Gasteiger partial charge in [-0.3, -0.25) is 4.79 Å². The standard InChI is InChI=1S/C23H23F4NO/c1-3-15-6-9-18(10-7-15)21(14(2)23(25,26)27)22(29)28-20-13-17(8-11-19(20)24)12-16-4-5-16/h3,6-11,13-14,16,21H,1,4-5,12H2,2H3,(H,28,29)/t14-,21+/m1/s1. The molecule has 3 rings (SSSR count). The Morgan fingerprint density at radius 1 is 1.21 bits per heavy atom. The lowest BCUT2D eigenvalue weighted by Crippen LogP contribution is -2.34. The van der Waals surface area contributed by atoms with Crippen LogP contribution in [0.2, 0.25) is 0 Å². The number of carbonyl (C=O) groups excluding carboxylic acids is 1. The van der Waals surface area contributed by atoms with Gasteiger partial charge in [0.15, 0.2) is 0 Å². The Balaban J connectivity index is 1.88. The van der Waals surface area contributed by atoms with Gasteiger partial charge < -0.3 is 5.32 Å². The van der Waals surface area contributed by atoms with Crippen molar-refractivity contribution in [3.63, 3.8) is 0 Å². The first kappa shape index (κ1) is 21.1. The first-order chi connectivity index (χ1) is 13.7. The topological polar surface area (TPSA) is 29.1 Å². The summed E-state index contributed by atoms with van der Waals surface area (Å²) >= 11 is 0. The molecule has 1 aliphatic carbocycles. The molecule has 1 saturated carbocycles. The molecule has 0 aromatic heterocycles. The third kappa shape index (κ3) is 5.25. The van der Waals surface area contributed by atoms with Crippen LogP contribution in [0.5, 0.6) is 0 Å². The van der Waals surface area contributed by atoms with Crippen molar-refractivity contribution in [1.82, 2.24) is 0 Å². The van der Waals surface area contributed by atoms with Crippen LogP contribution in [0.3, 0.4) is 0 Å². The number of amides is 1. The third-order valence-electron chi connectivity index (χ3n) is 5.34. The lowest BCUT2D eigenvalue weighted by molar-refractivity contribution is -0.178. The predicted molar refractivity (Wildman–Crippen MR) is 106 cm³/mol. The van der Waals surface area contributed by atoms with Crippen LogP contribution in [0.4, 0.5) is 23.2 Å². The smallest absolute Gasteiger partial charge is 0.323 e. The largest absolute Gasteiger partial charge is 0.392 e. The maximum atomic E-state index is 14.2. The van der Waals surface area contributed by atoms with Crippen LogP contribution in [0.1, 0.15) is 42.4 Å². The molecule has 0 spiro atoms. The van der Waals surface area contributed by atoms with Crippen LogP contribution in [-0.4, -0.2) is 12.1 Å². The molecule has 2 aromatic carbocycles. The van der Waals surface area contributed by atoms with E-state index in [4.69, 9.17) is 0 Å². The molecular formula is C23H23F4NO. The van der Waals surface area contributed by atoms with Gasteiger partial charge in [-0.05, 0) is 54.0 Å². The molecule has 1 N–H and O–H groups in total. The summed E-state index contributed by atoms with van der Waals surface area (Å²) in [6.45, 7) is 4.58. The van der Waals surface area contributed by atoms with Crippen LogP contribution in [-0.2, 0) is 11.2 Å². The molecule has 154 valence electrons. The summed E-state index contributed by atoms with van der Waals surface area (Å²) in [6.07, 6.45) is -0.0112. The van der Waals surface area contributed by atoms with E-state index in [1.807, 2.05) is 0 Å². The number of alkyl halides is 3. The fourth-order valence-corrected chi connectivity index (χ4v) is 3.36. The Kier molecular flexibility index (Phi) is 6.10. The highest BCUT2D eigenvalue weighted by molar-refractivity contribution is 5.96. The lowest BCUT2D eigenvalue weighted by Gasteiger charge is -2.26. The summed E-state index contributed by atoms with van der Waals surface area (Å²) in [6, 6.07) is 10.6. The van der Waals surface area contributed by atoms with Gasteiger partial charge in [0.25, 0.3) is 0 Å². The van der Waals surface area contributed by atoms with E-state index in [9.17, 15) is 22.4 Å². The van der Waals surface area contributed by atoms with Gasteiger partial charge in [-0.25, -0.2) is 4.39 Å². The van der Waals surface area contributed by atoms with Crippen molar-refractivity contribution in [2.75, 3.05) is 5.32 Å². The van der Waals surface area contributed by atoms with E-state index < -0.39 is 29.7 Å². The zero-order chi connectivity index (χ0) is 21.2. The normalized spacial score (nSPS) is 16.2. The molecule has 0 aliphatic heterocycles. The van der Waals surface area contributed by atoms with Crippen LogP contribution in [0.25, 0.3) is 6.08 Å². The Bertz CT molecular complexity index is 885. The molecule has 6 heteroatoms. The van der Waals surface area contributed by atoms with E-state index in [0.717, 1.165) is 37.3 Å². The van der Waals surface area contributed by atoms with Crippen molar-refractivity contribution >= 4 is 17.7 Å². The molecule has 2 aromatic rings. The number of halogens is 4. The summed E-state index contributed by atoms with van der Waals surface area (Å²) in [4.78, 5) is 12.9. The summed E-state index contributed by atoms with van der Waals surface area (Å²) < 4.78 is 54.6. The van der Waals surface area contributed by atoms with E-state index in [2.05, 4.69) is 11.9 Å². The fourth-order valence-electron chi connectivity index (χ4n) is 3.36. The summed E-state index contributed by atoms with van der Waals surface area (Å²) in [5, 5.41) is 2.39. The SMILES string of the molecule is C=Cc1ccc([C@@H](C(=O)Nc2cc(CC3CC3)ccc2F)[C@@H](C)C(F)(F)F)cc1. The van der Waals surface area contributed by atoms with Crippen molar-refractivity contribution in [2.45, 2.75) is 38.3 Å². The molecule has 29 heavy (non-hydrogen) atoms. The van der Waals surface area contributed by atoms with E-state index >= 15 is 0 Å². The van der Waals surface area contributed by atoms with Gasteiger partial charge in [0, 0.05) is 0 Å². The van der Waals surface area contributed by atoms with Crippen molar-refractivity contribution in [1.29, 1.82) is 0 Å². The summed E-state index contributed by atoms with van der Waals surface area (Å²) in [7, 11) is 0. The second-order valence-corrected chi connectivity index (χ2v) is 7.63. The average Bonchev–Trinajstić information content (AvgIpc) is 3.48. The Labute approximate surface area is 167 Å². The van der Waals surface area contributed by atoms with E-state index in [1.54, 1.807) is 24.3 Å². The van der Waals surface area contributed by atoms with Crippen molar-refractivity contribution < 1.29 is 22.4 Å². The first-order valence-electron chi connectivity index (χ1n) is 9.57. The van der Waals surface area contributed by atoms with Crippen LogP contribution >= 0.6 is 0 Å². The number of rotatable bonds is 7. The van der Waals surface area contributed by atoms with E-state index in [1.165, 1.54) is 24.3 Å². The maximum absolute atomic E-state index is 14.2. The number of hydrogen-bond donors (Lipinski definition) is 1. The fraction of sp³-hybridized carbons (Fsp3) is 0.348.